The molecule has 1 heterocycles. The Hall–Kier alpha value is -1.09. The summed E-state index contributed by atoms with van der Waals surface area (Å²) < 4.78 is 0. The monoisotopic (exact) mass is 247 g/mol. The van der Waals surface area contributed by atoms with E-state index in [1.54, 1.807) is 0 Å². The molecule has 1 fully saturated rings. The molecule has 0 spiro atoms. The van der Waals surface area contributed by atoms with Crippen LogP contribution in [0.25, 0.3) is 0 Å². The molecule has 2 rings (SSSR count). The minimum atomic E-state index is 0.0475. The number of hydrogen-bond donors (Lipinski definition) is 1. The lowest BCUT2D eigenvalue weighted by Gasteiger charge is -2.36. The highest BCUT2D eigenvalue weighted by molar-refractivity contribution is 5.49. The summed E-state index contributed by atoms with van der Waals surface area (Å²) in [7, 11) is 0. The van der Waals surface area contributed by atoms with Gasteiger partial charge in [-0.15, -0.1) is 0 Å². The summed E-state index contributed by atoms with van der Waals surface area (Å²) in [5.74, 6) is 1.10. The summed E-state index contributed by atoms with van der Waals surface area (Å²) >= 11 is 0. The SMILES string of the molecule is CCN(c1ncccc1C(C)N)C1CCCCC1. The summed E-state index contributed by atoms with van der Waals surface area (Å²) in [4.78, 5) is 7.05. The van der Waals surface area contributed by atoms with Crippen molar-refractivity contribution < 1.29 is 0 Å². The quantitative estimate of drug-likeness (QED) is 0.888. The van der Waals surface area contributed by atoms with Crippen LogP contribution in [0.4, 0.5) is 5.82 Å². The van der Waals surface area contributed by atoms with Gasteiger partial charge in [0.25, 0.3) is 0 Å². The third-order valence-corrected chi connectivity index (χ3v) is 3.94. The van der Waals surface area contributed by atoms with Crippen LogP contribution in [0.5, 0.6) is 0 Å². The Balaban J connectivity index is 2.26. The first-order chi connectivity index (χ1) is 8.74. The van der Waals surface area contributed by atoms with E-state index in [2.05, 4.69) is 22.9 Å². The molecule has 3 nitrogen and oxygen atoms in total. The first kappa shape index (κ1) is 13.3. The number of hydrogen-bond acceptors (Lipinski definition) is 3. The highest BCUT2D eigenvalue weighted by Crippen LogP contribution is 2.29. The van der Waals surface area contributed by atoms with Gasteiger partial charge in [0.1, 0.15) is 5.82 Å². The molecule has 100 valence electrons. The molecular formula is C15H25N3. The maximum atomic E-state index is 6.07. The Labute approximate surface area is 110 Å². The summed E-state index contributed by atoms with van der Waals surface area (Å²) in [6, 6.07) is 4.79. The second-order valence-electron chi connectivity index (χ2n) is 5.28. The number of aromatic nitrogens is 1. The molecule has 0 radical (unpaired) electrons. The molecule has 1 aromatic heterocycles. The first-order valence-corrected chi connectivity index (χ1v) is 7.21. The summed E-state index contributed by atoms with van der Waals surface area (Å²) in [5.41, 5.74) is 7.24. The minimum Gasteiger partial charge on any atom is -0.354 e. The molecule has 1 aliphatic carbocycles. The maximum Gasteiger partial charge on any atom is 0.133 e. The van der Waals surface area contributed by atoms with Crippen molar-refractivity contribution in [3.8, 4) is 0 Å². The van der Waals surface area contributed by atoms with Crippen LogP contribution in [0.15, 0.2) is 18.3 Å². The smallest absolute Gasteiger partial charge is 0.133 e. The molecule has 2 N–H and O–H groups in total. The largest absolute Gasteiger partial charge is 0.354 e. The second-order valence-corrected chi connectivity index (χ2v) is 5.28. The van der Waals surface area contributed by atoms with Crippen molar-refractivity contribution in [2.75, 3.05) is 11.4 Å². The van der Waals surface area contributed by atoms with Gasteiger partial charge in [-0.2, -0.15) is 0 Å². The number of rotatable bonds is 4. The molecule has 0 aliphatic heterocycles. The second kappa shape index (κ2) is 6.19. The zero-order valence-electron chi connectivity index (χ0n) is 11.6. The van der Waals surface area contributed by atoms with Gasteiger partial charge in [0.2, 0.25) is 0 Å². The predicted molar refractivity (Wildman–Crippen MR) is 76.7 cm³/mol. The fourth-order valence-electron chi connectivity index (χ4n) is 2.98. The van der Waals surface area contributed by atoms with Gasteiger partial charge in [0, 0.05) is 30.4 Å². The van der Waals surface area contributed by atoms with E-state index < -0.39 is 0 Å². The van der Waals surface area contributed by atoms with Crippen LogP contribution in [0.2, 0.25) is 0 Å². The normalized spacial score (nSPS) is 18.6. The number of nitrogens with two attached hydrogens (primary N) is 1. The van der Waals surface area contributed by atoms with E-state index in [1.165, 1.54) is 37.7 Å². The predicted octanol–water partition coefficient (Wildman–Crippen LogP) is 3.26. The van der Waals surface area contributed by atoms with E-state index in [0.29, 0.717) is 6.04 Å². The standard InChI is InChI=1S/C15H25N3/c1-3-18(13-8-5-4-6-9-13)15-14(12(2)16)10-7-11-17-15/h7,10-13H,3-6,8-9,16H2,1-2H3. The van der Waals surface area contributed by atoms with Gasteiger partial charge in [-0.25, -0.2) is 4.98 Å². The molecule has 0 amide bonds. The molecule has 1 unspecified atom stereocenters. The zero-order valence-corrected chi connectivity index (χ0v) is 11.6. The lowest BCUT2D eigenvalue weighted by Crippen LogP contribution is -2.38. The molecule has 3 heteroatoms. The molecule has 0 aromatic carbocycles. The number of pyridine rings is 1. The fraction of sp³-hybridized carbons (Fsp3) is 0.667. The van der Waals surface area contributed by atoms with Crippen molar-refractivity contribution in [1.82, 2.24) is 4.98 Å². The van der Waals surface area contributed by atoms with Crippen molar-refractivity contribution in [3.05, 3.63) is 23.9 Å². The topological polar surface area (TPSA) is 42.2 Å². The summed E-state index contributed by atoms with van der Waals surface area (Å²) in [5, 5.41) is 0. The molecule has 1 saturated carbocycles. The van der Waals surface area contributed by atoms with E-state index >= 15 is 0 Å². The van der Waals surface area contributed by atoms with Crippen LogP contribution in [-0.4, -0.2) is 17.6 Å². The van der Waals surface area contributed by atoms with Crippen molar-refractivity contribution in [3.63, 3.8) is 0 Å². The van der Waals surface area contributed by atoms with Crippen molar-refractivity contribution in [2.45, 2.75) is 58.0 Å². The summed E-state index contributed by atoms with van der Waals surface area (Å²) in [6.45, 7) is 5.27. The Bertz CT molecular complexity index is 370. The minimum absolute atomic E-state index is 0.0475. The van der Waals surface area contributed by atoms with Crippen LogP contribution >= 0.6 is 0 Å². The highest BCUT2D eigenvalue weighted by atomic mass is 15.2. The third kappa shape index (κ3) is 2.83. The highest BCUT2D eigenvalue weighted by Gasteiger charge is 2.23. The average molecular weight is 247 g/mol. The molecule has 1 atom stereocenters. The van der Waals surface area contributed by atoms with Crippen LogP contribution < -0.4 is 10.6 Å². The van der Waals surface area contributed by atoms with Gasteiger partial charge in [-0.1, -0.05) is 25.3 Å². The van der Waals surface area contributed by atoms with Gasteiger partial charge < -0.3 is 10.6 Å². The van der Waals surface area contributed by atoms with Crippen molar-refractivity contribution >= 4 is 5.82 Å². The van der Waals surface area contributed by atoms with Gasteiger partial charge >= 0.3 is 0 Å². The van der Waals surface area contributed by atoms with Gasteiger partial charge in [0.15, 0.2) is 0 Å². The molecular weight excluding hydrogens is 222 g/mol. The lowest BCUT2D eigenvalue weighted by molar-refractivity contribution is 0.415. The maximum absolute atomic E-state index is 6.07. The van der Waals surface area contributed by atoms with Crippen LogP contribution in [0, 0.1) is 0 Å². The van der Waals surface area contributed by atoms with Crippen molar-refractivity contribution in [2.24, 2.45) is 5.73 Å². The van der Waals surface area contributed by atoms with E-state index in [0.717, 1.165) is 12.4 Å². The Kier molecular flexibility index (Phi) is 4.59. The number of nitrogens with zero attached hydrogens (tertiary/aromatic N) is 2. The molecule has 18 heavy (non-hydrogen) atoms. The number of anilines is 1. The lowest BCUT2D eigenvalue weighted by atomic mass is 9.93. The molecule has 1 aliphatic rings. The molecule has 0 bridgehead atoms. The van der Waals surface area contributed by atoms with Crippen molar-refractivity contribution in [1.29, 1.82) is 0 Å². The van der Waals surface area contributed by atoms with Crippen LogP contribution in [-0.2, 0) is 0 Å². The van der Waals surface area contributed by atoms with E-state index in [1.807, 2.05) is 19.2 Å². The Morgan fingerprint density at radius 3 is 2.72 bits per heavy atom. The average Bonchev–Trinajstić information content (AvgIpc) is 2.41. The van der Waals surface area contributed by atoms with Crippen LogP contribution in [0.3, 0.4) is 0 Å². The zero-order chi connectivity index (χ0) is 13.0. The Morgan fingerprint density at radius 1 is 1.39 bits per heavy atom. The Morgan fingerprint density at radius 2 is 2.11 bits per heavy atom. The third-order valence-electron chi connectivity index (χ3n) is 3.94. The fourth-order valence-corrected chi connectivity index (χ4v) is 2.98. The molecule has 0 saturated heterocycles. The van der Waals surface area contributed by atoms with Gasteiger partial charge in [0.05, 0.1) is 0 Å². The first-order valence-electron chi connectivity index (χ1n) is 7.21. The van der Waals surface area contributed by atoms with E-state index in [4.69, 9.17) is 5.73 Å². The summed E-state index contributed by atoms with van der Waals surface area (Å²) in [6.07, 6.45) is 8.55. The van der Waals surface area contributed by atoms with E-state index in [-0.39, 0.29) is 6.04 Å². The molecule has 1 aromatic rings. The van der Waals surface area contributed by atoms with Gasteiger partial charge in [-0.3, -0.25) is 0 Å². The van der Waals surface area contributed by atoms with Crippen LogP contribution in [0.1, 0.15) is 57.6 Å². The van der Waals surface area contributed by atoms with Gasteiger partial charge in [-0.05, 0) is 32.8 Å². The van der Waals surface area contributed by atoms with E-state index in [9.17, 15) is 0 Å².